The largest absolute Gasteiger partial charge is 0.542 e. The number of carbonyl (C=O) groups excluding carboxylic acids is 6. The lowest BCUT2D eigenvalue weighted by molar-refractivity contribution is -0.463. The van der Waals surface area contributed by atoms with Crippen LogP contribution < -0.4 is 59.1 Å². The molecule has 3 rings (SSSR count). The quantitative estimate of drug-likeness (QED) is 0.0322. The van der Waals surface area contributed by atoms with Gasteiger partial charge in [-0.25, -0.2) is 0 Å². The topological polar surface area (TPSA) is 401 Å². The normalized spacial score (nSPS) is 18.2. The standard InChI is InChI=1S/C32H42N10O8.2C2HF3O2/c33-29(34)39-14-1-13-31(49)24(12-17-40-30(35)36)32(50,27(47)41-18-25(45)37-15-10-20-2-6-22(43)7-3-20)42(28(31)48)19-26(46)38-16-11-21-4-8-23(44)9-5-21;2*3-2(4,5)1(6)7/h2-11,15-16,24,43-44,49-50H,1,12-14,17-19H2,(H,37,45)(H,38,46)(H,41,47)(H4,33,34,39)(H4,35,36,40);2*(H,6,7)/b15-10+,16-11+;;/t24-,31+,32+;;/m1../s1. The molecule has 1 heterocycles. The number of nitrogens with two attached hydrogens (primary N) is 4. The highest BCUT2D eigenvalue weighted by Gasteiger charge is 2.69. The first-order valence-electron chi connectivity index (χ1n) is 17.9. The van der Waals surface area contributed by atoms with E-state index in [1.807, 2.05) is 0 Å². The SMILES string of the molecule is NC(N)=[NH+]CCC[C@@]1(O)C(=O)N(CC(=O)N/C=C/c2ccc(O)cc2)[C@@](O)(C(=O)NCC(=O)N/C=C/c2ccc(O)cc2)[C@@H]1CC[NH+]=C(N)N.O=C([O-])C(F)(F)F.O=C([O-])C(F)(F)F. The number of nitrogens with one attached hydrogen (secondary N) is 5. The van der Waals surface area contributed by atoms with Crippen molar-refractivity contribution in [1.82, 2.24) is 20.9 Å². The highest BCUT2D eigenvalue weighted by Crippen LogP contribution is 2.45. The number of carboxylic acids is 2. The molecule has 1 fully saturated rings. The molecule has 64 heavy (non-hydrogen) atoms. The highest BCUT2D eigenvalue weighted by molar-refractivity contribution is 6.01. The summed E-state index contributed by atoms with van der Waals surface area (Å²) in [4.78, 5) is 76.8. The summed E-state index contributed by atoms with van der Waals surface area (Å²) >= 11 is 0. The van der Waals surface area contributed by atoms with Crippen LogP contribution >= 0.6 is 0 Å². The third-order valence-corrected chi connectivity index (χ3v) is 8.25. The van der Waals surface area contributed by atoms with E-state index in [0.29, 0.717) is 16.0 Å². The average Bonchev–Trinajstić information content (AvgIpc) is 3.34. The number of guanidine groups is 2. The van der Waals surface area contributed by atoms with Gasteiger partial charge in [0.15, 0.2) is 5.60 Å². The molecule has 1 saturated heterocycles. The van der Waals surface area contributed by atoms with Crippen LogP contribution in [-0.2, 0) is 28.8 Å². The monoisotopic (exact) mass is 922 g/mol. The molecule has 22 nitrogen and oxygen atoms in total. The lowest BCUT2D eigenvalue weighted by Crippen LogP contribution is -2.79. The maximum Gasteiger partial charge on any atom is 0.430 e. The molecule has 0 spiro atoms. The number of rotatable bonds is 16. The second kappa shape index (κ2) is 24.1. The van der Waals surface area contributed by atoms with Crippen LogP contribution in [-0.4, -0.2) is 123 Å². The Morgan fingerprint density at radius 2 is 1.14 bits per heavy atom. The van der Waals surface area contributed by atoms with Gasteiger partial charge in [0.1, 0.15) is 30.0 Å². The number of aliphatic carboxylic acids is 2. The molecule has 0 saturated carbocycles. The molecule has 0 bridgehead atoms. The van der Waals surface area contributed by atoms with Crippen LogP contribution in [0.5, 0.6) is 11.5 Å². The predicted molar refractivity (Wildman–Crippen MR) is 203 cm³/mol. The van der Waals surface area contributed by atoms with Crippen LogP contribution in [0.3, 0.4) is 0 Å². The minimum atomic E-state index is -5.19. The molecule has 3 atom stereocenters. The lowest BCUT2D eigenvalue weighted by Gasteiger charge is -2.36. The van der Waals surface area contributed by atoms with Crippen LogP contribution in [0.1, 0.15) is 30.4 Å². The number of carboxylic acid groups (broad SMARTS) is 2. The summed E-state index contributed by atoms with van der Waals surface area (Å²) in [5.41, 5.74) is 18.0. The van der Waals surface area contributed by atoms with Gasteiger partial charge in [-0.1, -0.05) is 24.3 Å². The Balaban J connectivity index is 0.00000126. The van der Waals surface area contributed by atoms with Crippen LogP contribution in [0.25, 0.3) is 12.2 Å². The fourth-order valence-corrected chi connectivity index (χ4v) is 5.37. The van der Waals surface area contributed by atoms with E-state index in [0.717, 1.165) is 0 Å². The lowest BCUT2D eigenvalue weighted by atomic mass is 9.78. The van der Waals surface area contributed by atoms with Crippen molar-refractivity contribution >= 4 is 59.6 Å². The summed E-state index contributed by atoms with van der Waals surface area (Å²) in [7, 11) is 0. The molecule has 2 aromatic carbocycles. The van der Waals surface area contributed by atoms with E-state index in [1.165, 1.54) is 48.8 Å². The van der Waals surface area contributed by atoms with Gasteiger partial charge in [-0.3, -0.25) is 57.0 Å². The highest BCUT2D eigenvalue weighted by atomic mass is 19.4. The Morgan fingerprint density at radius 3 is 1.55 bits per heavy atom. The summed E-state index contributed by atoms with van der Waals surface area (Å²) in [5, 5.41) is 67.7. The molecule has 0 aromatic heterocycles. The minimum Gasteiger partial charge on any atom is -0.542 e. The number of carbonyl (C=O) groups is 6. The van der Waals surface area contributed by atoms with Crippen molar-refractivity contribution in [3.63, 3.8) is 0 Å². The fourth-order valence-electron chi connectivity index (χ4n) is 5.37. The maximum atomic E-state index is 13.9. The van der Waals surface area contributed by atoms with E-state index in [2.05, 4.69) is 25.9 Å². The molecule has 0 unspecified atom stereocenters. The first kappa shape index (κ1) is 54.4. The number of amides is 4. The number of hydrogen-bond donors (Lipinski definition) is 13. The third-order valence-electron chi connectivity index (χ3n) is 8.25. The number of phenols is 2. The van der Waals surface area contributed by atoms with E-state index in [9.17, 15) is 65.9 Å². The average molecular weight is 923 g/mol. The molecular weight excluding hydrogens is 878 g/mol. The van der Waals surface area contributed by atoms with Crippen molar-refractivity contribution in [3.05, 3.63) is 72.1 Å². The number of alkyl halides is 6. The molecule has 0 radical (unpaired) electrons. The summed E-state index contributed by atoms with van der Waals surface area (Å²) in [6.07, 6.45) is -5.24. The Kier molecular flexibility index (Phi) is 20.5. The summed E-state index contributed by atoms with van der Waals surface area (Å²) < 4.78 is 63.1. The molecule has 352 valence electrons. The van der Waals surface area contributed by atoms with E-state index in [1.54, 1.807) is 24.3 Å². The van der Waals surface area contributed by atoms with Crippen molar-refractivity contribution < 1.29 is 95.7 Å². The van der Waals surface area contributed by atoms with Crippen LogP contribution in [0.15, 0.2) is 60.9 Å². The number of halogens is 6. The first-order valence-corrected chi connectivity index (χ1v) is 17.9. The molecule has 28 heteroatoms. The van der Waals surface area contributed by atoms with Gasteiger partial charge in [0.05, 0.1) is 25.6 Å². The zero-order chi connectivity index (χ0) is 49.1. The number of nitrogens with zero attached hydrogens (tertiary/aromatic N) is 1. The Morgan fingerprint density at radius 1 is 0.734 bits per heavy atom. The molecular formula is C36H44F6N10O12. The zero-order valence-corrected chi connectivity index (χ0v) is 33.0. The van der Waals surface area contributed by atoms with Gasteiger partial charge in [0.2, 0.25) is 17.5 Å². The summed E-state index contributed by atoms with van der Waals surface area (Å²) in [6, 6.07) is 12.2. The van der Waals surface area contributed by atoms with Gasteiger partial charge in [0.25, 0.3) is 11.8 Å². The second-order valence-corrected chi connectivity index (χ2v) is 13.0. The second-order valence-electron chi connectivity index (χ2n) is 13.0. The van der Waals surface area contributed by atoms with Crippen LogP contribution in [0, 0.1) is 5.92 Å². The van der Waals surface area contributed by atoms with Crippen molar-refractivity contribution in [3.8, 4) is 11.5 Å². The maximum absolute atomic E-state index is 13.9. The number of phenolic OH excluding ortho intramolecular Hbond substituents is 2. The van der Waals surface area contributed by atoms with Crippen molar-refractivity contribution in [2.75, 3.05) is 26.2 Å². The number of aliphatic hydroxyl groups is 2. The Labute approximate surface area is 357 Å². The van der Waals surface area contributed by atoms with Gasteiger partial charge < -0.3 is 56.2 Å². The van der Waals surface area contributed by atoms with E-state index < -0.39 is 78.3 Å². The molecule has 1 aliphatic heterocycles. The number of likely N-dealkylation sites (tertiary alicyclic amines) is 1. The predicted octanol–water partition coefficient (Wildman–Crippen LogP) is -7.56. The molecule has 17 N–H and O–H groups in total. The van der Waals surface area contributed by atoms with E-state index in [4.69, 9.17) is 42.7 Å². The molecule has 1 aliphatic rings. The van der Waals surface area contributed by atoms with Crippen molar-refractivity contribution in [2.45, 2.75) is 42.9 Å². The van der Waals surface area contributed by atoms with E-state index >= 15 is 0 Å². The fraction of sp³-hybridized carbons (Fsp3) is 0.333. The smallest absolute Gasteiger partial charge is 0.430 e. The molecule has 2 aromatic rings. The third kappa shape index (κ3) is 17.8. The molecule has 4 amide bonds. The van der Waals surface area contributed by atoms with Crippen molar-refractivity contribution in [1.29, 1.82) is 0 Å². The molecule has 0 aliphatic carbocycles. The van der Waals surface area contributed by atoms with Gasteiger partial charge in [-0.05, 0) is 66.8 Å². The summed E-state index contributed by atoms with van der Waals surface area (Å²) in [5.74, 6) is -11.7. The first-order chi connectivity index (χ1) is 29.5. The number of aromatic hydroxyl groups is 2. The summed E-state index contributed by atoms with van der Waals surface area (Å²) in [6.45, 7) is -1.51. The van der Waals surface area contributed by atoms with Gasteiger partial charge in [0, 0.05) is 12.4 Å². The van der Waals surface area contributed by atoms with Gasteiger partial charge in [-0.2, -0.15) is 26.3 Å². The Bertz CT molecular complexity index is 2040. The number of benzene rings is 2. The zero-order valence-electron chi connectivity index (χ0n) is 33.0. The Hall–Kier alpha value is -7.62. The van der Waals surface area contributed by atoms with Crippen LogP contribution in [0.4, 0.5) is 26.3 Å². The number of hydrogen-bond acceptors (Lipinski definition) is 12. The van der Waals surface area contributed by atoms with Gasteiger partial charge in [-0.15, -0.1) is 0 Å². The van der Waals surface area contributed by atoms with Crippen molar-refractivity contribution in [2.24, 2.45) is 28.9 Å². The minimum absolute atomic E-state index is 0.0454. The van der Waals surface area contributed by atoms with Crippen LogP contribution in [0.2, 0.25) is 0 Å². The van der Waals surface area contributed by atoms with E-state index in [-0.39, 0.29) is 55.8 Å². The van der Waals surface area contributed by atoms with Gasteiger partial charge >= 0.3 is 24.3 Å².